The molecule has 0 heterocycles. The topological polar surface area (TPSA) is 78.3 Å². The number of nitrogens with two attached hydrogens (primary N) is 2. The first kappa shape index (κ1) is 15.4. The summed E-state index contributed by atoms with van der Waals surface area (Å²) in [6.45, 7) is 7.91. The van der Waals surface area contributed by atoms with Gasteiger partial charge in [-0.1, -0.05) is 18.2 Å². The Kier molecular flexibility index (Phi) is 6.98. The van der Waals surface area contributed by atoms with Gasteiger partial charge in [-0.3, -0.25) is 4.79 Å². The fraction of sp³-hybridized carbons (Fsp3) is 0.462. The van der Waals surface area contributed by atoms with Crippen LogP contribution in [0.1, 0.15) is 25.0 Å². The van der Waals surface area contributed by atoms with Crippen LogP contribution >= 0.6 is 0 Å². The van der Waals surface area contributed by atoms with E-state index in [0.29, 0.717) is 6.61 Å². The normalized spacial score (nSPS) is 11.1. The van der Waals surface area contributed by atoms with Crippen LogP contribution in [0.2, 0.25) is 0 Å². The van der Waals surface area contributed by atoms with Gasteiger partial charge in [-0.2, -0.15) is 0 Å². The van der Waals surface area contributed by atoms with Gasteiger partial charge in [-0.15, -0.1) is 0 Å². The molecule has 1 amide bonds. The van der Waals surface area contributed by atoms with E-state index in [1.807, 2.05) is 39.0 Å². The Hall–Kier alpha value is -1.55. The number of rotatable bonds is 3. The van der Waals surface area contributed by atoms with E-state index in [1.165, 1.54) is 18.1 Å². The molecule has 0 radical (unpaired) electrons. The summed E-state index contributed by atoms with van der Waals surface area (Å²) in [7, 11) is 0. The van der Waals surface area contributed by atoms with Crippen LogP contribution in [0, 0.1) is 13.8 Å². The van der Waals surface area contributed by atoms with E-state index in [1.54, 1.807) is 0 Å². The van der Waals surface area contributed by atoms with Gasteiger partial charge in [-0.25, -0.2) is 0 Å². The number of carbonyl (C=O) groups excluding carboxylic acids is 1. The van der Waals surface area contributed by atoms with E-state index in [2.05, 4.69) is 5.73 Å². The Labute approximate surface area is 103 Å². The summed E-state index contributed by atoms with van der Waals surface area (Å²) in [5, 5.41) is 0. The van der Waals surface area contributed by atoms with Crippen molar-refractivity contribution in [2.24, 2.45) is 11.5 Å². The average molecular weight is 238 g/mol. The molecule has 0 aliphatic heterocycles. The van der Waals surface area contributed by atoms with Gasteiger partial charge in [0.1, 0.15) is 12.4 Å². The Morgan fingerprint density at radius 3 is 2.12 bits per heavy atom. The Balaban J connectivity index is 0.000000557. The molecule has 4 N–H and O–H groups in total. The lowest BCUT2D eigenvalue weighted by Gasteiger charge is -2.13. The van der Waals surface area contributed by atoms with Gasteiger partial charge in [0.05, 0.1) is 0 Å². The van der Waals surface area contributed by atoms with Crippen molar-refractivity contribution in [3.05, 3.63) is 29.3 Å². The average Bonchev–Trinajstić information content (AvgIpc) is 2.15. The summed E-state index contributed by atoms with van der Waals surface area (Å²) in [5.74, 6) is 0.639. The number of hydrogen-bond donors (Lipinski definition) is 2. The van der Waals surface area contributed by atoms with Gasteiger partial charge in [0, 0.05) is 13.0 Å². The summed E-state index contributed by atoms with van der Waals surface area (Å²) in [4.78, 5) is 9.22. The zero-order valence-electron chi connectivity index (χ0n) is 11.0. The maximum Gasteiger partial charge on any atom is 0.214 e. The zero-order valence-corrected chi connectivity index (χ0v) is 11.0. The van der Waals surface area contributed by atoms with Crippen molar-refractivity contribution in [1.82, 2.24) is 0 Å². The van der Waals surface area contributed by atoms with Gasteiger partial charge in [0.2, 0.25) is 5.91 Å². The van der Waals surface area contributed by atoms with E-state index in [-0.39, 0.29) is 11.9 Å². The van der Waals surface area contributed by atoms with Crippen LogP contribution in [0.3, 0.4) is 0 Å². The van der Waals surface area contributed by atoms with Crippen molar-refractivity contribution in [3.8, 4) is 5.75 Å². The highest BCUT2D eigenvalue weighted by molar-refractivity contribution is 5.70. The summed E-state index contributed by atoms with van der Waals surface area (Å²) in [6, 6.07) is 6.20. The first-order chi connectivity index (χ1) is 7.84. The van der Waals surface area contributed by atoms with Crippen molar-refractivity contribution in [1.29, 1.82) is 0 Å². The highest BCUT2D eigenvalue weighted by Crippen LogP contribution is 2.22. The fourth-order valence-corrected chi connectivity index (χ4v) is 1.24. The molecule has 0 aliphatic carbocycles. The van der Waals surface area contributed by atoms with Crippen LogP contribution in [0.15, 0.2) is 18.2 Å². The first-order valence-corrected chi connectivity index (χ1v) is 5.55. The molecule has 0 aromatic heterocycles. The summed E-state index contributed by atoms with van der Waals surface area (Å²) in [5.41, 5.74) is 12.4. The van der Waals surface area contributed by atoms with Gasteiger partial charge >= 0.3 is 0 Å². The van der Waals surface area contributed by atoms with Crippen LogP contribution in [-0.2, 0) is 4.79 Å². The smallest absolute Gasteiger partial charge is 0.214 e. The Morgan fingerprint density at radius 1 is 1.35 bits per heavy atom. The van der Waals surface area contributed by atoms with E-state index >= 15 is 0 Å². The molecule has 1 rings (SSSR count). The lowest BCUT2D eigenvalue weighted by molar-refractivity contribution is -0.115. The molecule has 1 atom stereocenters. The maximum atomic E-state index is 9.22. The van der Waals surface area contributed by atoms with Crippen molar-refractivity contribution < 1.29 is 9.53 Å². The number of para-hydroxylation sites is 1. The second kappa shape index (κ2) is 7.68. The fourth-order valence-electron chi connectivity index (χ4n) is 1.24. The van der Waals surface area contributed by atoms with E-state index in [9.17, 15) is 4.79 Å². The van der Waals surface area contributed by atoms with Crippen molar-refractivity contribution >= 4 is 5.91 Å². The number of primary amides is 1. The molecule has 1 aromatic carbocycles. The molecule has 0 spiro atoms. The Morgan fingerprint density at radius 2 is 1.76 bits per heavy atom. The number of hydrogen-bond acceptors (Lipinski definition) is 3. The largest absolute Gasteiger partial charge is 0.491 e. The predicted octanol–water partition coefficient (Wildman–Crippen LogP) is 1.52. The Bertz CT molecular complexity index is 338. The SMILES string of the molecule is CC(N)=O.Cc1cccc(C)c1OCC(C)N. The minimum absolute atomic E-state index is 0.0824. The molecule has 0 aliphatic rings. The molecule has 0 saturated heterocycles. The van der Waals surface area contributed by atoms with Crippen LogP contribution in [0.4, 0.5) is 0 Å². The molecular formula is C13H22N2O2. The van der Waals surface area contributed by atoms with Gasteiger partial charge in [-0.05, 0) is 31.9 Å². The molecule has 0 saturated carbocycles. The van der Waals surface area contributed by atoms with Crippen molar-refractivity contribution in [3.63, 3.8) is 0 Å². The minimum Gasteiger partial charge on any atom is -0.491 e. The van der Waals surface area contributed by atoms with E-state index < -0.39 is 0 Å². The number of amides is 1. The monoisotopic (exact) mass is 238 g/mol. The second-order valence-corrected chi connectivity index (χ2v) is 4.12. The molecule has 0 bridgehead atoms. The van der Waals surface area contributed by atoms with Crippen molar-refractivity contribution in [2.75, 3.05) is 6.61 Å². The lowest BCUT2D eigenvalue weighted by atomic mass is 10.1. The molecule has 0 fully saturated rings. The molecule has 1 unspecified atom stereocenters. The highest BCUT2D eigenvalue weighted by Gasteiger charge is 2.03. The molecule has 17 heavy (non-hydrogen) atoms. The zero-order chi connectivity index (χ0) is 13.4. The van der Waals surface area contributed by atoms with Gasteiger partial charge in [0.25, 0.3) is 0 Å². The standard InChI is InChI=1S/C11H17NO.C2H5NO/c1-8-5-4-6-9(2)11(8)13-7-10(3)12;1-2(3)4/h4-6,10H,7,12H2,1-3H3;1H3,(H2,3,4). The molecule has 4 heteroatoms. The van der Waals surface area contributed by atoms with Gasteiger partial charge < -0.3 is 16.2 Å². The van der Waals surface area contributed by atoms with Crippen LogP contribution in [-0.4, -0.2) is 18.6 Å². The predicted molar refractivity (Wildman–Crippen MR) is 69.9 cm³/mol. The van der Waals surface area contributed by atoms with Crippen LogP contribution in [0.5, 0.6) is 5.75 Å². The number of aryl methyl sites for hydroxylation is 2. The molecule has 4 nitrogen and oxygen atoms in total. The summed E-state index contributed by atoms with van der Waals surface area (Å²) < 4.78 is 5.60. The minimum atomic E-state index is -0.333. The van der Waals surface area contributed by atoms with E-state index in [0.717, 1.165) is 5.75 Å². The third-order valence-corrected chi connectivity index (χ3v) is 1.90. The van der Waals surface area contributed by atoms with Crippen molar-refractivity contribution in [2.45, 2.75) is 33.7 Å². The van der Waals surface area contributed by atoms with E-state index in [4.69, 9.17) is 10.5 Å². The highest BCUT2D eigenvalue weighted by atomic mass is 16.5. The molecular weight excluding hydrogens is 216 g/mol. The summed E-state index contributed by atoms with van der Waals surface area (Å²) in [6.07, 6.45) is 0. The van der Waals surface area contributed by atoms with Gasteiger partial charge in [0.15, 0.2) is 0 Å². The quantitative estimate of drug-likeness (QED) is 0.838. The molecule has 96 valence electrons. The molecule has 1 aromatic rings. The third kappa shape index (κ3) is 7.36. The second-order valence-electron chi connectivity index (χ2n) is 4.12. The first-order valence-electron chi connectivity index (χ1n) is 5.55. The maximum absolute atomic E-state index is 9.22. The summed E-state index contributed by atoms with van der Waals surface area (Å²) >= 11 is 0. The van der Waals surface area contributed by atoms with Crippen LogP contribution < -0.4 is 16.2 Å². The number of benzene rings is 1. The lowest BCUT2D eigenvalue weighted by Crippen LogP contribution is -2.24. The van der Waals surface area contributed by atoms with Crippen LogP contribution in [0.25, 0.3) is 0 Å². The number of ether oxygens (including phenoxy) is 1. The third-order valence-electron chi connectivity index (χ3n) is 1.90. The number of carbonyl (C=O) groups is 1.